The Morgan fingerprint density at radius 3 is 1.27 bits per heavy atom. The van der Waals surface area contributed by atoms with Crippen molar-refractivity contribution < 1.29 is 19.8 Å². The summed E-state index contributed by atoms with van der Waals surface area (Å²) in [5, 5.41) is 25.6. The minimum atomic E-state index is -0.795. The zero-order valence-electron chi connectivity index (χ0n) is 16.4. The van der Waals surface area contributed by atoms with E-state index in [-0.39, 0.29) is 24.9 Å². The van der Waals surface area contributed by atoms with Gasteiger partial charge in [-0.2, -0.15) is 0 Å². The van der Waals surface area contributed by atoms with Crippen molar-refractivity contribution in [1.29, 1.82) is 0 Å². The molecule has 0 saturated heterocycles. The van der Waals surface area contributed by atoms with Gasteiger partial charge in [0, 0.05) is 24.2 Å². The normalized spacial score (nSPS) is 12.6. The van der Waals surface area contributed by atoms with E-state index >= 15 is 0 Å². The van der Waals surface area contributed by atoms with Crippen molar-refractivity contribution >= 4 is 11.8 Å². The number of carbonyl (C=O) groups is 2. The second-order valence-electron chi connectivity index (χ2n) is 6.85. The average Bonchev–Trinajstić information content (AvgIpc) is 2.81. The van der Waals surface area contributed by atoms with E-state index in [0.29, 0.717) is 11.1 Å². The van der Waals surface area contributed by atoms with Gasteiger partial charge >= 0.3 is 0 Å². The molecule has 0 aliphatic heterocycles. The summed E-state index contributed by atoms with van der Waals surface area (Å²) in [6.07, 6.45) is -1.59. The quantitative estimate of drug-likeness (QED) is 0.464. The lowest BCUT2D eigenvalue weighted by Crippen LogP contribution is -2.29. The molecular weight excluding hydrogens is 380 g/mol. The van der Waals surface area contributed by atoms with Gasteiger partial charge in [0.15, 0.2) is 0 Å². The van der Waals surface area contributed by atoms with Crippen LogP contribution < -0.4 is 10.6 Å². The van der Waals surface area contributed by atoms with Gasteiger partial charge in [-0.1, -0.05) is 60.7 Å². The fourth-order valence-electron chi connectivity index (χ4n) is 2.94. The number of aliphatic hydroxyl groups excluding tert-OH is 2. The van der Waals surface area contributed by atoms with Gasteiger partial charge in [-0.25, -0.2) is 0 Å². The van der Waals surface area contributed by atoms with Crippen molar-refractivity contribution in [2.75, 3.05) is 13.1 Å². The van der Waals surface area contributed by atoms with Crippen LogP contribution in [0.25, 0.3) is 0 Å². The minimum Gasteiger partial charge on any atom is -0.387 e. The Balaban J connectivity index is 1.50. The summed E-state index contributed by atoms with van der Waals surface area (Å²) in [6, 6.07) is 24.4. The first kappa shape index (κ1) is 21.2. The third kappa shape index (κ3) is 5.76. The summed E-state index contributed by atoms with van der Waals surface area (Å²) in [6.45, 7) is 0.172. The highest BCUT2D eigenvalue weighted by Gasteiger charge is 2.13. The zero-order chi connectivity index (χ0) is 21.3. The van der Waals surface area contributed by atoms with Crippen LogP contribution in [-0.2, 0) is 0 Å². The van der Waals surface area contributed by atoms with Crippen molar-refractivity contribution in [2.45, 2.75) is 12.2 Å². The number of amides is 2. The van der Waals surface area contributed by atoms with Gasteiger partial charge in [-0.05, 0) is 35.4 Å². The second kappa shape index (κ2) is 10.3. The standard InChI is InChI=1S/C24H24N2O4/c27-21(17-7-3-1-4-8-17)15-25-23(29)19-11-13-20(14-12-19)24(30)26-16-22(28)18-9-5-2-6-10-18/h1-14,21-22,27-28H,15-16H2,(H,25,29)(H,26,30). The lowest BCUT2D eigenvalue weighted by Gasteiger charge is -2.13. The molecule has 3 aromatic carbocycles. The van der Waals surface area contributed by atoms with Gasteiger partial charge < -0.3 is 20.8 Å². The molecule has 30 heavy (non-hydrogen) atoms. The number of carbonyl (C=O) groups excluding carboxylic acids is 2. The van der Waals surface area contributed by atoms with Gasteiger partial charge in [0.1, 0.15) is 0 Å². The predicted molar refractivity (Wildman–Crippen MR) is 114 cm³/mol. The van der Waals surface area contributed by atoms with E-state index in [4.69, 9.17) is 0 Å². The van der Waals surface area contributed by atoms with Crippen LogP contribution in [0.15, 0.2) is 84.9 Å². The molecule has 0 fully saturated rings. The predicted octanol–water partition coefficient (Wildman–Crippen LogP) is 2.61. The summed E-state index contributed by atoms with van der Waals surface area (Å²) in [7, 11) is 0. The third-order valence-electron chi connectivity index (χ3n) is 4.69. The monoisotopic (exact) mass is 404 g/mol. The van der Waals surface area contributed by atoms with Crippen molar-refractivity contribution in [2.24, 2.45) is 0 Å². The highest BCUT2D eigenvalue weighted by Crippen LogP contribution is 2.12. The van der Waals surface area contributed by atoms with Crippen LogP contribution in [0.3, 0.4) is 0 Å². The number of aliphatic hydroxyl groups is 2. The van der Waals surface area contributed by atoms with Crippen LogP contribution in [0.2, 0.25) is 0 Å². The first-order valence-corrected chi connectivity index (χ1v) is 9.67. The fourth-order valence-corrected chi connectivity index (χ4v) is 2.94. The van der Waals surface area contributed by atoms with Gasteiger partial charge in [0.2, 0.25) is 0 Å². The topological polar surface area (TPSA) is 98.7 Å². The Morgan fingerprint density at radius 2 is 0.933 bits per heavy atom. The molecule has 2 amide bonds. The van der Waals surface area contributed by atoms with Gasteiger partial charge in [-0.3, -0.25) is 9.59 Å². The van der Waals surface area contributed by atoms with E-state index in [1.807, 2.05) is 36.4 Å². The minimum absolute atomic E-state index is 0.0858. The van der Waals surface area contributed by atoms with Crippen molar-refractivity contribution in [3.8, 4) is 0 Å². The molecule has 0 bridgehead atoms. The van der Waals surface area contributed by atoms with Crippen LogP contribution in [0.4, 0.5) is 0 Å². The summed E-state index contributed by atoms with van der Waals surface area (Å²) < 4.78 is 0. The molecule has 0 radical (unpaired) electrons. The van der Waals surface area contributed by atoms with Gasteiger partial charge in [-0.15, -0.1) is 0 Å². The Kier molecular flexibility index (Phi) is 7.32. The molecule has 0 saturated carbocycles. The Labute approximate surface area is 175 Å². The zero-order valence-corrected chi connectivity index (χ0v) is 16.4. The number of benzene rings is 3. The Hall–Kier alpha value is -3.48. The van der Waals surface area contributed by atoms with E-state index in [2.05, 4.69) is 10.6 Å². The molecule has 4 N–H and O–H groups in total. The molecule has 2 atom stereocenters. The summed E-state index contributed by atoms with van der Waals surface area (Å²) in [5.41, 5.74) is 2.22. The van der Waals surface area contributed by atoms with Crippen LogP contribution in [0.1, 0.15) is 44.1 Å². The molecule has 3 rings (SSSR count). The molecule has 0 heterocycles. The fraction of sp³-hybridized carbons (Fsp3) is 0.167. The second-order valence-corrected chi connectivity index (χ2v) is 6.85. The molecule has 0 aliphatic rings. The van der Waals surface area contributed by atoms with E-state index in [1.165, 1.54) is 0 Å². The van der Waals surface area contributed by atoms with E-state index < -0.39 is 12.2 Å². The van der Waals surface area contributed by atoms with Crippen molar-refractivity contribution in [3.05, 3.63) is 107 Å². The summed E-state index contributed by atoms with van der Waals surface area (Å²) in [4.78, 5) is 24.6. The van der Waals surface area contributed by atoms with Crippen LogP contribution in [-0.4, -0.2) is 35.1 Å². The van der Waals surface area contributed by atoms with E-state index in [0.717, 1.165) is 11.1 Å². The lowest BCUT2D eigenvalue weighted by molar-refractivity contribution is 0.0906. The largest absolute Gasteiger partial charge is 0.387 e. The molecule has 0 aromatic heterocycles. The maximum atomic E-state index is 12.3. The van der Waals surface area contributed by atoms with Crippen LogP contribution in [0, 0.1) is 0 Å². The summed E-state index contributed by atoms with van der Waals surface area (Å²) >= 11 is 0. The van der Waals surface area contributed by atoms with Gasteiger partial charge in [0.25, 0.3) is 11.8 Å². The van der Waals surface area contributed by atoms with Crippen molar-refractivity contribution in [3.63, 3.8) is 0 Å². The molecule has 154 valence electrons. The average molecular weight is 404 g/mol. The molecular formula is C24H24N2O4. The molecule has 6 nitrogen and oxygen atoms in total. The maximum absolute atomic E-state index is 12.3. The van der Waals surface area contributed by atoms with Crippen molar-refractivity contribution in [1.82, 2.24) is 10.6 Å². The Bertz CT molecular complexity index is 879. The first-order chi connectivity index (χ1) is 14.5. The number of rotatable bonds is 8. The molecule has 6 heteroatoms. The summed E-state index contributed by atoms with van der Waals surface area (Å²) in [5.74, 6) is -0.673. The highest BCUT2D eigenvalue weighted by molar-refractivity contribution is 5.97. The van der Waals surface area contributed by atoms with Crippen LogP contribution in [0.5, 0.6) is 0 Å². The molecule has 0 aliphatic carbocycles. The Morgan fingerprint density at radius 1 is 0.600 bits per heavy atom. The maximum Gasteiger partial charge on any atom is 0.251 e. The van der Waals surface area contributed by atoms with Crippen LogP contribution >= 0.6 is 0 Å². The number of hydrogen-bond acceptors (Lipinski definition) is 4. The van der Waals surface area contributed by atoms with Gasteiger partial charge in [0.05, 0.1) is 12.2 Å². The molecule has 2 unspecified atom stereocenters. The van der Waals surface area contributed by atoms with E-state index in [1.54, 1.807) is 48.5 Å². The lowest BCUT2D eigenvalue weighted by atomic mass is 10.1. The first-order valence-electron chi connectivity index (χ1n) is 9.67. The van der Waals surface area contributed by atoms with E-state index in [9.17, 15) is 19.8 Å². The smallest absolute Gasteiger partial charge is 0.251 e. The third-order valence-corrected chi connectivity index (χ3v) is 4.69. The molecule has 3 aromatic rings. The highest BCUT2D eigenvalue weighted by atomic mass is 16.3. The SMILES string of the molecule is O=C(NCC(O)c1ccccc1)c1ccc(C(=O)NCC(O)c2ccccc2)cc1. The number of hydrogen-bond donors (Lipinski definition) is 4. The molecule has 0 spiro atoms. The number of nitrogens with one attached hydrogen (secondary N) is 2.